The van der Waals surface area contributed by atoms with E-state index in [-0.39, 0.29) is 178 Å². The van der Waals surface area contributed by atoms with Crippen LogP contribution in [-0.2, 0) is 67.3 Å². The molecule has 0 radical (unpaired) electrons. The second-order valence-electron chi connectivity index (χ2n) is 11.3. The van der Waals surface area contributed by atoms with Crippen molar-refractivity contribution in [1.82, 2.24) is 0 Å². The summed E-state index contributed by atoms with van der Waals surface area (Å²) >= 11 is 0.155. The number of sulfone groups is 2. The van der Waals surface area contributed by atoms with E-state index in [1.165, 1.54) is 13.2 Å². The summed E-state index contributed by atoms with van der Waals surface area (Å²) in [5.74, 6) is -3.39. The maximum absolute atomic E-state index is 13.0. The van der Waals surface area contributed by atoms with E-state index < -0.39 is 119 Å². The number of fused-ring (bicyclic) bond motifs is 1. The Bertz CT molecular complexity index is 2830. The fourth-order valence-corrected chi connectivity index (χ4v) is 9.26. The number of anilines is 1. The average Bonchev–Trinajstić information content (AvgIpc) is 3.20. The molecule has 0 heterocycles. The fourth-order valence-electron chi connectivity index (χ4n) is 5.02. The molecule has 0 aromatic heterocycles. The summed E-state index contributed by atoms with van der Waals surface area (Å²) in [4.78, 5) is -2.36. The normalized spacial score (nSPS) is 11.8. The molecule has 0 amide bonds. The van der Waals surface area contributed by atoms with Crippen LogP contribution in [0.2, 0.25) is 0 Å². The molecule has 0 fully saturated rings. The Hall–Kier alpha value is -0.560. The van der Waals surface area contributed by atoms with Crippen LogP contribution in [0.1, 0.15) is 7.43 Å². The average molecular weight is 1100 g/mol. The third kappa shape index (κ3) is 18.8. The van der Waals surface area contributed by atoms with Gasteiger partial charge in [0, 0.05) is 17.5 Å². The standard InChI is InChI=1S/C29H31N5O22S6.CH4.4Na/c1-48-20-5-4-15(59(38,39)8-6-51-58-56-54-37)10-17(20)32-34-28-23(57-55-53-36)11-16-24(61(42,43)44)13-19(27(30)26(16)29(28)35)33-31-18-12-22(50-3)25(14-21(18)49-2)60(40,41)9-7-52-62(45,46)47;;;;;/h4-5,10-14,35-37H,6-9,30H2,1-3H3,(H,42,43,44)(H,45,46,47);1H4;;;;/q;;4*+1/p-4. The summed E-state index contributed by atoms with van der Waals surface area (Å²) in [6.07, 6.45) is 0. The second kappa shape index (κ2) is 30.5. The third-order valence-electron chi connectivity index (χ3n) is 7.69. The van der Waals surface area contributed by atoms with Gasteiger partial charge in [0.15, 0.2) is 37.7 Å². The Labute approximate surface area is 480 Å². The van der Waals surface area contributed by atoms with Gasteiger partial charge in [-0.15, -0.1) is 24.8 Å². The van der Waals surface area contributed by atoms with Crippen LogP contribution in [0.15, 0.2) is 82.5 Å². The first-order valence-corrected chi connectivity index (χ1v) is 23.4. The quantitative estimate of drug-likeness (QED) is 0.00801. The minimum absolute atomic E-state index is 0. The van der Waals surface area contributed by atoms with Crippen molar-refractivity contribution in [2.75, 3.05) is 51.8 Å². The number of azo groups is 2. The zero-order chi connectivity index (χ0) is 46.0. The van der Waals surface area contributed by atoms with Gasteiger partial charge in [-0.1, -0.05) is 7.43 Å². The number of nitrogens with two attached hydrogens (primary N) is 1. The molecule has 67 heavy (non-hydrogen) atoms. The summed E-state index contributed by atoms with van der Waals surface area (Å²) in [7, 11) is -15.9. The number of rotatable bonds is 23. The molecule has 37 heteroatoms. The topological polar surface area (TPSA) is 408 Å². The smallest absolute Gasteiger partial charge is 0.744 e. The number of ether oxygens (including phenoxy) is 3. The number of phenolic OH excluding ortho intramolecular Hbond substituents is 1. The van der Waals surface area contributed by atoms with Gasteiger partial charge in [0.1, 0.15) is 55.0 Å². The van der Waals surface area contributed by atoms with Crippen molar-refractivity contribution in [3.05, 3.63) is 42.5 Å². The van der Waals surface area contributed by atoms with Gasteiger partial charge in [-0.25, -0.2) is 33.7 Å². The van der Waals surface area contributed by atoms with Gasteiger partial charge in [0.2, 0.25) is 10.4 Å². The van der Waals surface area contributed by atoms with Crippen LogP contribution < -0.4 is 149 Å². The van der Waals surface area contributed by atoms with E-state index in [0.717, 1.165) is 44.6 Å². The molecular formula is C30H31N5Na4O22S6. The van der Waals surface area contributed by atoms with Gasteiger partial charge in [0.25, 0.3) is 0 Å². The molecule has 0 aliphatic carbocycles. The minimum Gasteiger partial charge on any atom is -0.744 e. The number of benzene rings is 4. The molecule has 4 aromatic carbocycles. The molecular weight excluding hydrogens is 1070 g/mol. The predicted octanol–water partition coefficient (Wildman–Crippen LogP) is -9.40. The summed E-state index contributed by atoms with van der Waals surface area (Å²) in [6.45, 7) is -1.50. The number of hydrogen-bond acceptors (Lipinski definition) is 29. The number of nitrogens with zero attached hydrogens (tertiary/aromatic N) is 4. The molecule has 0 atom stereocenters. The summed E-state index contributed by atoms with van der Waals surface area (Å²) in [5.41, 5.74) is 4.02. The Morgan fingerprint density at radius 2 is 1.24 bits per heavy atom. The van der Waals surface area contributed by atoms with E-state index >= 15 is 0 Å². The van der Waals surface area contributed by atoms with Gasteiger partial charge in [-0.3, -0.25) is 18.4 Å². The predicted molar refractivity (Wildman–Crippen MR) is 209 cm³/mol. The molecule has 0 aliphatic heterocycles. The van der Waals surface area contributed by atoms with Crippen LogP contribution in [0.25, 0.3) is 10.8 Å². The number of methoxy groups -OCH3 is 3. The van der Waals surface area contributed by atoms with Gasteiger partial charge < -0.3 is 44.7 Å². The van der Waals surface area contributed by atoms with E-state index in [9.17, 15) is 58.4 Å². The molecule has 0 unspecified atom stereocenters. The summed E-state index contributed by atoms with van der Waals surface area (Å²) in [6, 6.07) is 6.83. The van der Waals surface area contributed by atoms with Crippen molar-refractivity contribution >= 4 is 104 Å². The SMILES string of the molecule is C.COc1cc(S(=O)(=O)CCOS(=O)(=O)[O-])c(OC)cc1N=Nc1cc(S(=O)(=O)[O-])c2cc(SOO[O-])c(N=Nc3cc(S(=O)(=O)CCOSOO[O-])ccc3OC)c(O)c2c1N.[Na+].[Na+].[Na+].[Na+]. The molecule has 4 aromatic rings. The molecule has 27 nitrogen and oxygen atoms in total. The van der Waals surface area contributed by atoms with Crippen LogP contribution in [0.4, 0.5) is 28.4 Å². The molecule has 0 saturated carbocycles. The zero-order valence-corrected chi connectivity index (χ0v) is 48.1. The van der Waals surface area contributed by atoms with Crippen LogP contribution in [0, 0.1) is 0 Å². The molecule has 0 spiro atoms. The van der Waals surface area contributed by atoms with Gasteiger partial charge in [0.05, 0.1) is 83.9 Å². The molecule has 4 rings (SSSR count). The first-order valence-electron chi connectivity index (χ1n) is 15.9. The molecule has 0 saturated heterocycles. The van der Waals surface area contributed by atoms with E-state index in [4.69, 9.17) is 24.1 Å². The van der Waals surface area contributed by atoms with Gasteiger partial charge in [-0.05, 0) is 30.3 Å². The van der Waals surface area contributed by atoms with E-state index in [0.29, 0.717) is 6.07 Å². The van der Waals surface area contributed by atoms with Crippen LogP contribution in [0.5, 0.6) is 23.0 Å². The maximum atomic E-state index is 13.0. The molecule has 348 valence electrons. The second-order valence-corrected chi connectivity index (χ2v) is 19.1. The number of phenols is 1. The van der Waals surface area contributed by atoms with E-state index in [1.807, 2.05) is 0 Å². The van der Waals surface area contributed by atoms with Crippen molar-refractivity contribution in [2.24, 2.45) is 20.5 Å². The first kappa shape index (κ1) is 68.5. The third-order valence-corrected chi connectivity index (χ3v) is 13.4. The first-order chi connectivity index (χ1) is 29.1. The van der Waals surface area contributed by atoms with Crippen molar-refractivity contribution < 1.29 is 218 Å². The monoisotopic (exact) mass is 1100 g/mol. The minimum atomic E-state index is -5.48. The van der Waals surface area contributed by atoms with Gasteiger partial charge in [-0.2, -0.15) is 4.33 Å². The summed E-state index contributed by atoms with van der Waals surface area (Å²) in [5, 5.41) is 53.3. The molecule has 0 aliphatic rings. The van der Waals surface area contributed by atoms with Crippen molar-refractivity contribution in [3.8, 4) is 23.0 Å². The molecule has 0 bridgehead atoms. The zero-order valence-electron chi connectivity index (χ0n) is 35.2. The molecule has 3 N–H and O–H groups in total. The maximum Gasteiger partial charge on any atom is 1.00 e. The Morgan fingerprint density at radius 3 is 1.81 bits per heavy atom. The fraction of sp³-hybridized carbons (Fsp3) is 0.267. The largest absolute Gasteiger partial charge is 1.00 e. The van der Waals surface area contributed by atoms with Crippen molar-refractivity contribution in [2.45, 2.75) is 27.0 Å². The van der Waals surface area contributed by atoms with Crippen molar-refractivity contribution in [3.63, 3.8) is 0 Å². The summed E-state index contributed by atoms with van der Waals surface area (Å²) < 4.78 is 155. The Morgan fingerprint density at radius 1 is 0.672 bits per heavy atom. The van der Waals surface area contributed by atoms with Crippen LogP contribution >= 0.6 is 24.4 Å². The van der Waals surface area contributed by atoms with E-state index in [1.54, 1.807) is 0 Å². The number of hydrogen-bond donors (Lipinski definition) is 2. The van der Waals surface area contributed by atoms with Crippen molar-refractivity contribution in [1.29, 1.82) is 0 Å². The Kier molecular flexibility index (Phi) is 31.2. The van der Waals surface area contributed by atoms with Gasteiger partial charge >= 0.3 is 118 Å². The van der Waals surface area contributed by atoms with E-state index in [2.05, 4.69) is 43.4 Å². The Balaban J connectivity index is 0. The number of aromatic hydroxyl groups is 1. The number of nitrogen functional groups attached to an aromatic ring is 1. The van der Waals surface area contributed by atoms with Crippen LogP contribution in [0.3, 0.4) is 0 Å². The van der Waals surface area contributed by atoms with Crippen LogP contribution in [-0.4, -0.2) is 93.9 Å².